The lowest BCUT2D eigenvalue weighted by molar-refractivity contribution is 0.470. The summed E-state index contributed by atoms with van der Waals surface area (Å²) in [5.41, 5.74) is 2.47. The van der Waals surface area contributed by atoms with E-state index in [9.17, 15) is 0 Å². The van der Waals surface area contributed by atoms with Gasteiger partial charge in [0.15, 0.2) is 0 Å². The molecular weight excluding hydrogens is 509 g/mol. The molecule has 0 saturated heterocycles. The number of halogens is 2. The van der Waals surface area contributed by atoms with Crippen LogP contribution in [0.2, 0.25) is 0 Å². The number of hydrogen-bond donors (Lipinski definition) is 2. The van der Waals surface area contributed by atoms with Crippen molar-refractivity contribution in [1.29, 1.82) is 15.8 Å². The third kappa shape index (κ3) is 6.97. The number of benzene rings is 3. The second kappa shape index (κ2) is 12.3. The molecule has 146 valence electrons. The molecule has 3 aromatic carbocycles. The van der Waals surface area contributed by atoms with Gasteiger partial charge in [-0.15, -0.1) is 0 Å². The summed E-state index contributed by atoms with van der Waals surface area (Å²) >= 11 is 6.42. The summed E-state index contributed by atoms with van der Waals surface area (Å²) < 4.78 is 1.54. The number of phenolic OH excluding ortho intramolecular Hbond substituents is 2. The molecule has 0 unspecified atom stereocenters. The van der Waals surface area contributed by atoms with Gasteiger partial charge in [0.25, 0.3) is 0 Å². The standard InChI is InChI=1S/C8H6BrN.C7H4BNO.C7H4BrNO/c1-6-7(5-10)3-2-4-8(6)9;2*8-6-3-1-2-5(4-9)7(6)10/h2-4H,1H3;2*1-3,10H. The summed E-state index contributed by atoms with van der Waals surface area (Å²) in [4.78, 5) is 0. The van der Waals surface area contributed by atoms with E-state index in [0.717, 1.165) is 15.6 Å². The molecule has 0 heterocycles. The average molecular weight is 523 g/mol. The lowest BCUT2D eigenvalue weighted by atomic mass is 9.93. The number of para-hydroxylation sites is 2. The number of aromatic hydroxyl groups is 2. The molecule has 5 nitrogen and oxygen atoms in total. The van der Waals surface area contributed by atoms with Crippen molar-refractivity contribution in [2.75, 3.05) is 0 Å². The summed E-state index contributed by atoms with van der Waals surface area (Å²) in [6.45, 7) is 1.92. The first-order valence-electron chi connectivity index (χ1n) is 8.27. The molecule has 3 rings (SSSR count). The van der Waals surface area contributed by atoms with E-state index >= 15 is 0 Å². The molecule has 2 radical (unpaired) electrons. The zero-order valence-electron chi connectivity index (χ0n) is 15.8. The van der Waals surface area contributed by atoms with Gasteiger partial charge in [0.2, 0.25) is 0 Å². The average Bonchev–Trinajstić information content (AvgIpc) is 2.75. The van der Waals surface area contributed by atoms with E-state index in [4.69, 9.17) is 33.8 Å². The van der Waals surface area contributed by atoms with Gasteiger partial charge >= 0.3 is 0 Å². The molecule has 0 aromatic heterocycles. The Morgan fingerprint density at radius 2 is 1.13 bits per heavy atom. The quantitative estimate of drug-likeness (QED) is 0.415. The fourth-order valence-electron chi connectivity index (χ4n) is 1.99. The maximum Gasteiger partial charge on any atom is 0.147 e. The molecule has 0 amide bonds. The minimum absolute atomic E-state index is 0.00463. The molecule has 0 fully saturated rings. The first-order chi connectivity index (χ1) is 14.3. The molecule has 2 N–H and O–H groups in total. The smallest absolute Gasteiger partial charge is 0.147 e. The van der Waals surface area contributed by atoms with Crippen LogP contribution in [-0.4, -0.2) is 18.1 Å². The van der Waals surface area contributed by atoms with Crippen LogP contribution < -0.4 is 5.46 Å². The van der Waals surface area contributed by atoms with Gasteiger partial charge in [0.05, 0.1) is 27.2 Å². The highest BCUT2D eigenvalue weighted by Gasteiger charge is 2.01. The topological polar surface area (TPSA) is 112 Å². The molecule has 0 spiro atoms. The summed E-state index contributed by atoms with van der Waals surface area (Å²) in [6, 6.07) is 20.9. The Kier molecular flexibility index (Phi) is 10.2. The van der Waals surface area contributed by atoms with E-state index in [1.165, 1.54) is 12.1 Å². The van der Waals surface area contributed by atoms with Crippen molar-refractivity contribution in [1.82, 2.24) is 0 Å². The van der Waals surface area contributed by atoms with Crippen molar-refractivity contribution in [3.63, 3.8) is 0 Å². The molecule has 0 aliphatic rings. The van der Waals surface area contributed by atoms with Crippen molar-refractivity contribution < 1.29 is 10.2 Å². The zero-order chi connectivity index (χ0) is 22.7. The lowest BCUT2D eigenvalue weighted by Gasteiger charge is -1.97. The molecule has 8 heteroatoms. The molecule has 30 heavy (non-hydrogen) atoms. The number of rotatable bonds is 0. The Hall–Kier alpha value is -3.25. The fraction of sp³-hybridized carbons (Fsp3) is 0.0455. The van der Waals surface area contributed by atoms with Crippen LogP contribution in [0.25, 0.3) is 0 Å². The van der Waals surface area contributed by atoms with E-state index in [1.54, 1.807) is 36.4 Å². The second-order valence-electron chi connectivity index (χ2n) is 5.63. The van der Waals surface area contributed by atoms with Gasteiger partial charge in [0.1, 0.15) is 31.5 Å². The van der Waals surface area contributed by atoms with Crippen LogP contribution in [-0.2, 0) is 0 Å². The maximum absolute atomic E-state index is 9.13. The number of phenols is 2. The number of nitriles is 3. The van der Waals surface area contributed by atoms with Crippen LogP contribution in [0.3, 0.4) is 0 Å². The maximum atomic E-state index is 9.13. The van der Waals surface area contributed by atoms with Crippen molar-refractivity contribution in [3.05, 3.63) is 85.8 Å². The van der Waals surface area contributed by atoms with Crippen LogP contribution in [0.1, 0.15) is 22.3 Å². The third-order valence-corrected chi connectivity index (χ3v) is 5.18. The lowest BCUT2D eigenvalue weighted by Crippen LogP contribution is -2.02. The molecular formula is C22H14BBr2N3O2. The normalized spacial score (nSPS) is 8.80. The predicted molar refractivity (Wildman–Crippen MR) is 122 cm³/mol. The van der Waals surface area contributed by atoms with Gasteiger partial charge in [-0.25, -0.2) is 0 Å². The van der Waals surface area contributed by atoms with Crippen LogP contribution in [0.5, 0.6) is 11.5 Å². The monoisotopic (exact) mass is 521 g/mol. The molecule has 0 aliphatic heterocycles. The van der Waals surface area contributed by atoms with Crippen LogP contribution >= 0.6 is 31.9 Å². The first kappa shape index (κ1) is 24.8. The second-order valence-corrected chi connectivity index (χ2v) is 7.34. The molecule has 0 saturated carbocycles. The van der Waals surface area contributed by atoms with Crippen LogP contribution in [0.4, 0.5) is 0 Å². The highest BCUT2D eigenvalue weighted by molar-refractivity contribution is 9.10. The predicted octanol–water partition coefficient (Wildman–Crippen LogP) is 4.71. The summed E-state index contributed by atoms with van der Waals surface area (Å²) in [5.74, 6) is -0.130. The Bertz CT molecular complexity index is 1020. The van der Waals surface area contributed by atoms with Gasteiger partial charge in [-0.05, 0) is 58.7 Å². The Morgan fingerprint density at radius 1 is 0.700 bits per heavy atom. The summed E-state index contributed by atoms with van der Waals surface area (Å²) in [7, 11) is 5.30. The van der Waals surface area contributed by atoms with Gasteiger partial charge in [-0.1, -0.05) is 45.7 Å². The summed E-state index contributed by atoms with van der Waals surface area (Å²) in [5, 5.41) is 43.5. The Morgan fingerprint density at radius 3 is 1.57 bits per heavy atom. The largest absolute Gasteiger partial charge is 0.507 e. The van der Waals surface area contributed by atoms with Crippen molar-refractivity contribution in [2.24, 2.45) is 0 Å². The zero-order valence-corrected chi connectivity index (χ0v) is 18.9. The Balaban J connectivity index is 0.000000225. The SMILES string of the molecule is Cc1c(Br)cccc1C#N.N#Cc1cccc(Br)c1O.[B]c1cccc(C#N)c1O. The Labute approximate surface area is 193 Å². The summed E-state index contributed by atoms with van der Waals surface area (Å²) in [6.07, 6.45) is 0. The molecule has 0 bridgehead atoms. The van der Waals surface area contributed by atoms with Crippen molar-refractivity contribution in [2.45, 2.75) is 6.92 Å². The van der Waals surface area contributed by atoms with Gasteiger partial charge in [-0.3, -0.25) is 0 Å². The first-order valence-corrected chi connectivity index (χ1v) is 9.85. The highest BCUT2D eigenvalue weighted by Crippen LogP contribution is 2.26. The van der Waals surface area contributed by atoms with E-state index in [0.29, 0.717) is 4.47 Å². The van der Waals surface area contributed by atoms with E-state index in [1.807, 2.05) is 25.1 Å². The van der Waals surface area contributed by atoms with Crippen LogP contribution in [0.15, 0.2) is 63.5 Å². The molecule has 0 aliphatic carbocycles. The third-order valence-electron chi connectivity index (χ3n) is 3.68. The van der Waals surface area contributed by atoms with Crippen molar-refractivity contribution in [3.8, 4) is 29.7 Å². The van der Waals surface area contributed by atoms with E-state index < -0.39 is 0 Å². The minimum atomic E-state index is -0.134. The molecule has 3 aromatic rings. The number of hydrogen-bond acceptors (Lipinski definition) is 5. The fourth-order valence-corrected chi connectivity index (χ4v) is 2.72. The highest BCUT2D eigenvalue weighted by atomic mass is 79.9. The number of nitrogens with zero attached hydrogens (tertiary/aromatic N) is 3. The van der Waals surface area contributed by atoms with Crippen molar-refractivity contribution >= 4 is 45.2 Å². The van der Waals surface area contributed by atoms with Gasteiger partial charge < -0.3 is 10.2 Å². The van der Waals surface area contributed by atoms with Gasteiger partial charge in [0, 0.05) is 4.47 Å². The van der Waals surface area contributed by atoms with Gasteiger partial charge in [-0.2, -0.15) is 15.8 Å². The van der Waals surface area contributed by atoms with E-state index in [-0.39, 0.29) is 28.1 Å². The minimum Gasteiger partial charge on any atom is -0.507 e. The van der Waals surface area contributed by atoms with E-state index in [2.05, 4.69) is 37.9 Å². The molecule has 0 atom stereocenters. The van der Waals surface area contributed by atoms with Crippen LogP contribution in [0, 0.1) is 40.9 Å².